The lowest BCUT2D eigenvalue weighted by molar-refractivity contribution is -0.136. The van der Waals surface area contributed by atoms with Gasteiger partial charge in [-0.15, -0.1) is 0 Å². The van der Waals surface area contributed by atoms with Crippen LogP contribution in [0.4, 0.5) is 0 Å². The molecule has 0 N–H and O–H groups in total. The first-order chi connectivity index (χ1) is 6.77. The van der Waals surface area contributed by atoms with Crippen molar-refractivity contribution in [3.05, 3.63) is 24.3 Å². The van der Waals surface area contributed by atoms with E-state index in [1.807, 2.05) is 0 Å². The Kier molecular flexibility index (Phi) is 2.45. The summed E-state index contributed by atoms with van der Waals surface area (Å²) < 4.78 is 0. The average Bonchev–Trinajstić information content (AvgIpc) is 2.76. The van der Waals surface area contributed by atoms with Crippen LogP contribution >= 0.6 is 0 Å². The van der Waals surface area contributed by atoms with E-state index in [4.69, 9.17) is 0 Å². The van der Waals surface area contributed by atoms with Crippen molar-refractivity contribution in [2.45, 2.75) is 0 Å². The van der Waals surface area contributed by atoms with Crippen molar-refractivity contribution in [3.8, 4) is 0 Å². The third-order valence-electron chi connectivity index (χ3n) is 2.43. The van der Waals surface area contributed by atoms with Gasteiger partial charge in [-0.1, -0.05) is 12.2 Å². The van der Waals surface area contributed by atoms with E-state index >= 15 is 0 Å². The van der Waals surface area contributed by atoms with Crippen molar-refractivity contribution in [3.63, 3.8) is 0 Å². The monoisotopic (exact) mass is 192 g/mol. The van der Waals surface area contributed by atoms with Crippen LogP contribution in [0.25, 0.3) is 0 Å². The zero-order chi connectivity index (χ0) is 9.97. The molecule has 74 valence electrons. The highest BCUT2D eigenvalue weighted by molar-refractivity contribution is 6.12. The fourth-order valence-electron chi connectivity index (χ4n) is 1.60. The minimum atomic E-state index is -0.192. The number of nitrogens with zero attached hydrogens (tertiary/aromatic N) is 2. The van der Waals surface area contributed by atoms with Crippen LogP contribution < -0.4 is 0 Å². The van der Waals surface area contributed by atoms with E-state index in [-0.39, 0.29) is 11.8 Å². The molecule has 4 heteroatoms. The molecule has 2 amide bonds. The fourth-order valence-corrected chi connectivity index (χ4v) is 1.60. The molecule has 0 bridgehead atoms. The molecule has 0 aliphatic carbocycles. The van der Waals surface area contributed by atoms with E-state index in [1.165, 1.54) is 17.1 Å². The second-order valence-electron chi connectivity index (χ2n) is 3.39. The zero-order valence-corrected chi connectivity index (χ0v) is 7.85. The van der Waals surface area contributed by atoms with Crippen molar-refractivity contribution in [1.29, 1.82) is 0 Å². The number of imide groups is 1. The van der Waals surface area contributed by atoms with E-state index in [9.17, 15) is 9.59 Å². The largest absolute Gasteiger partial charge is 0.294 e. The van der Waals surface area contributed by atoms with E-state index in [1.54, 1.807) is 0 Å². The molecule has 0 unspecified atom stereocenters. The highest BCUT2D eigenvalue weighted by Gasteiger charge is 2.23. The molecule has 0 aromatic heterocycles. The summed E-state index contributed by atoms with van der Waals surface area (Å²) in [6.07, 6.45) is 6.83. The third-order valence-corrected chi connectivity index (χ3v) is 2.43. The van der Waals surface area contributed by atoms with Gasteiger partial charge in [-0.05, 0) is 0 Å². The van der Waals surface area contributed by atoms with Crippen LogP contribution in [0.1, 0.15) is 0 Å². The van der Waals surface area contributed by atoms with E-state index in [2.05, 4.69) is 17.1 Å². The molecule has 2 rings (SSSR count). The maximum absolute atomic E-state index is 11.2. The Morgan fingerprint density at radius 1 is 1.00 bits per heavy atom. The topological polar surface area (TPSA) is 40.6 Å². The number of hydrogen-bond donors (Lipinski definition) is 0. The highest BCUT2D eigenvalue weighted by Crippen LogP contribution is 2.04. The van der Waals surface area contributed by atoms with E-state index in [0.29, 0.717) is 6.54 Å². The Morgan fingerprint density at radius 3 is 2.14 bits per heavy atom. The quantitative estimate of drug-likeness (QED) is 0.458. The number of hydrogen-bond acceptors (Lipinski definition) is 3. The van der Waals surface area contributed by atoms with Crippen LogP contribution in [0, 0.1) is 0 Å². The first kappa shape index (κ1) is 9.15. The first-order valence-corrected chi connectivity index (χ1v) is 4.68. The van der Waals surface area contributed by atoms with Gasteiger partial charge in [0.2, 0.25) is 0 Å². The minimum Gasteiger partial charge on any atom is -0.294 e. The molecule has 2 aliphatic rings. The summed E-state index contributed by atoms with van der Waals surface area (Å²) in [6, 6.07) is 0. The summed E-state index contributed by atoms with van der Waals surface area (Å²) in [5, 5.41) is 0. The standard InChI is InChI=1S/C10H12N2O2/c13-9-3-4-10(14)12(9)8-7-11-5-1-2-6-11/h1-4H,5-8H2. The molecule has 2 aliphatic heterocycles. The van der Waals surface area contributed by atoms with Gasteiger partial charge in [0.05, 0.1) is 0 Å². The summed E-state index contributed by atoms with van der Waals surface area (Å²) in [4.78, 5) is 25.8. The third kappa shape index (κ3) is 1.75. The predicted octanol–water partition coefficient (Wildman–Crippen LogP) is -0.217. The van der Waals surface area contributed by atoms with Crippen molar-refractivity contribution in [2.24, 2.45) is 0 Å². The summed E-state index contributed by atoms with van der Waals surface area (Å²) in [5.41, 5.74) is 0. The SMILES string of the molecule is O=C1C=CC(=O)N1CCN1CC=CC1. The Hall–Kier alpha value is -1.42. The van der Waals surface area contributed by atoms with Crippen LogP contribution in [0.3, 0.4) is 0 Å². The number of carbonyl (C=O) groups excluding carboxylic acids is 2. The molecule has 0 aromatic carbocycles. The number of amides is 2. The van der Waals surface area contributed by atoms with Crippen LogP contribution in [-0.2, 0) is 9.59 Å². The zero-order valence-electron chi connectivity index (χ0n) is 7.85. The minimum absolute atomic E-state index is 0.192. The van der Waals surface area contributed by atoms with Gasteiger partial charge in [0.1, 0.15) is 0 Å². The maximum Gasteiger partial charge on any atom is 0.253 e. The van der Waals surface area contributed by atoms with Gasteiger partial charge < -0.3 is 0 Å². The summed E-state index contributed by atoms with van der Waals surface area (Å²) >= 11 is 0. The van der Waals surface area contributed by atoms with Crippen LogP contribution in [0.2, 0.25) is 0 Å². The highest BCUT2D eigenvalue weighted by atomic mass is 16.2. The molecule has 0 saturated heterocycles. The van der Waals surface area contributed by atoms with E-state index < -0.39 is 0 Å². The van der Waals surface area contributed by atoms with Crippen LogP contribution in [0.15, 0.2) is 24.3 Å². The fraction of sp³-hybridized carbons (Fsp3) is 0.400. The second kappa shape index (κ2) is 3.75. The molecule has 0 aromatic rings. The lowest BCUT2D eigenvalue weighted by Gasteiger charge is -2.19. The van der Waals surface area contributed by atoms with Gasteiger partial charge in [-0.25, -0.2) is 0 Å². The van der Waals surface area contributed by atoms with Crippen molar-refractivity contribution in [2.75, 3.05) is 26.2 Å². The molecular formula is C10H12N2O2. The normalized spacial score (nSPS) is 21.6. The van der Waals surface area contributed by atoms with Crippen LogP contribution in [-0.4, -0.2) is 47.8 Å². The van der Waals surface area contributed by atoms with Gasteiger partial charge in [-0.2, -0.15) is 0 Å². The predicted molar refractivity (Wildman–Crippen MR) is 51.4 cm³/mol. The summed E-state index contributed by atoms with van der Waals surface area (Å²) in [7, 11) is 0. The van der Waals surface area contributed by atoms with Crippen molar-refractivity contribution < 1.29 is 9.59 Å². The maximum atomic E-state index is 11.2. The smallest absolute Gasteiger partial charge is 0.253 e. The van der Waals surface area contributed by atoms with Crippen molar-refractivity contribution >= 4 is 11.8 Å². The Morgan fingerprint density at radius 2 is 1.57 bits per heavy atom. The molecule has 0 radical (unpaired) electrons. The Bertz CT molecular complexity index is 294. The average molecular weight is 192 g/mol. The van der Waals surface area contributed by atoms with Gasteiger partial charge >= 0.3 is 0 Å². The number of rotatable bonds is 3. The summed E-state index contributed by atoms with van der Waals surface area (Å²) in [5.74, 6) is -0.385. The lowest BCUT2D eigenvalue weighted by atomic mass is 10.4. The van der Waals surface area contributed by atoms with Gasteiger partial charge in [0, 0.05) is 38.3 Å². The van der Waals surface area contributed by atoms with Gasteiger partial charge in [0.15, 0.2) is 0 Å². The van der Waals surface area contributed by atoms with Crippen molar-refractivity contribution in [1.82, 2.24) is 9.80 Å². The molecule has 14 heavy (non-hydrogen) atoms. The Labute approximate surface area is 82.5 Å². The molecule has 2 heterocycles. The molecule has 0 saturated carbocycles. The number of carbonyl (C=O) groups is 2. The second-order valence-corrected chi connectivity index (χ2v) is 3.39. The molecule has 0 atom stereocenters. The summed E-state index contributed by atoms with van der Waals surface area (Å²) in [6.45, 7) is 3.09. The first-order valence-electron chi connectivity index (χ1n) is 4.68. The lowest BCUT2D eigenvalue weighted by Crippen LogP contribution is -2.37. The van der Waals surface area contributed by atoms with E-state index in [0.717, 1.165) is 19.6 Å². The van der Waals surface area contributed by atoms with Gasteiger partial charge in [0.25, 0.3) is 11.8 Å². The van der Waals surface area contributed by atoms with Crippen LogP contribution in [0.5, 0.6) is 0 Å². The molecule has 0 fully saturated rings. The molecular weight excluding hydrogens is 180 g/mol. The Balaban J connectivity index is 1.80. The molecule has 4 nitrogen and oxygen atoms in total. The molecule has 0 spiro atoms. The van der Waals surface area contributed by atoms with Gasteiger partial charge in [-0.3, -0.25) is 19.4 Å².